The highest BCUT2D eigenvalue weighted by molar-refractivity contribution is 5.84. The molecule has 8 nitrogen and oxygen atoms in total. The molecule has 5 heterocycles. The van der Waals surface area contributed by atoms with Crippen LogP contribution in [0.4, 0.5) is 5.95 Å². The Bertz CT molecular complexity index is 1260. The zero-order valence-corrected chi connectivity index (χ0v) is 17.9. The first-order valence-electron chi connectivity index (χ1n) is 11.0. The summed E-state index contributed by atoms with van der Waals surface area (Å²) in [5.74, 6) is 1.44. The monoisotopic (exact) mass is 416 g/mol. The summed E-state index contributed by atoms with van der Waals surface area (Å²) in [4.78, 5) is 20.2. The van der Waals surface area contributed by atoms with Gasteiger partial charge >= 0.3 is 0 Å². The van der Waals surface area contributed by atoms with E-state index in [2.05, 4.69) is 49.1 Å². The van der Waals surface area contributed by atoms with Crippen molar-refractivity contribution in [3.63, 3.8) is 0 Å². The average molecular weight is 417 g/mol. The molecule has 0 unspecified atom stereocenters. The molecule has 0 radical (unpaired) electrons. The Morgan fingerprint density at radius 3 is 2.81 bits per heavy atom. The highest BCUT2D eigenvalue weighted by atomic mass is 15.3. The van der Waals surface area contributed by atoms with Crippen LogP contribution >= 0.6 is 0 Å². The topological polar surface area (TPSA) is 84.1 Å². The lowest BCUT2D eigenvalue weighted by Crippen LogP contribution is -2.65. The maximum absolute atomic E-state index is 4.69. The van der Waals surface area contributed by atoms with E-state index in [0.717, 1.165) is 28.1 Å². The molecule has 0 bridgehead atoms. The summed E-state index contributed by atoms with van der Waals surface area (Å²) in [7, 11) is 0. The number of pyridine rings is 1. The molecule has 4 aromatic heterocycles. The van der Waals surface area contributed by atoms with Gasteiger partial charge in [-0.1, -0.05) is 13.8 Å². The number of nitrogens with zero attached hydrogens (tertiary/aromatic N) is 7. The summed E-state index contributed by atoms with van der Waals surface area (Å²) >= 11 is 0. The normalized spacial score (nSPS) is 18.5. The Balaban J connectivity index is 0.00000216. The van der Waals surface area contributed by atoms with E-state index in [1.54, 1.807) is 12.4 Å². The van der Waals surface area contributed by atoms with E-state index in [9.17, 15) is 0 Å². The molecule has 1 saturated heterocycles. The zero-order chi connectivity index (χ0) is 21.0. The Morgan fingerprint density at radius 2 is 1.97 bits per heavy atom. The fourth-order valence-electron chi connectivity index (χ4n) is 5.29. The number of likely N-dealkylation sites (tertiary alicyclic amines) is 1. The molecule has 0 aromatic carbocycles. The molecule has 1 saturated carbocycles. The van der Waals surface area contributed by atoms with Crippen LogP contribution in [-0.4, -0.2) is 60.1 Å². The first-order valence-corrected chi connectivity index (χ1v) is 11.0. The number of rotatable bonds is 5. The fourth-order valence-corrected chi connectivity index (χ4v) is 5.29. The lowest BCUT2D eigenvalue weighted by Gasteiger charge is -2.59. The Kier molecular flexibility index (Phi) is 4.17. The molecule has 8 heteroatoms. The highest BCUT2D eigenvalue weighted by Gasteiger charge is 2.52. The van der Waals surface area contributed by atoms with Crippen molar-refractivity contribution < 1.29 is 1.43 Å². The third kappa shape index (κ3) is 3.31. The molecule has 1 aliphatic carbocycles. The predicted octanol–water partition coefficient (Wildman–Crippen LogP) is 3.51. The second-order valence-electron chi connectivity index (χ2n) is 9.58. The summed E-state index contributed by atoms with van der Waals surface area (Å²) in [5, 5.41) is 8.22. The fraction of sp³-hybridized carbons (Fsp3) is 0.435. The van der Waals surface area contributed by atoms with Gasteiger partial charge in [0.15, 0.2) is 5.65 Å². The van der Waals surface area contributed by atoms with Gasteiger partial charge in [0.25, 0.3) is 0 Å². The maximum atomic E-state index is 4.69. The van der Waals surface area contributed by atoms with Crippen molar-refractivity contribution in [3.05, 3.63) is 43.1 Å². The van der Waals surface area contributed by atoms with Crippen LogP contribution in [0.5, 0.6) is 0 Å². The lowest BCUT2D eigenvalue weighted by atomic mass is 9.60. The molecule has 0 amide bonds. The molecular weight excluding hydrogens is 388 g/mol. The van der Waals surface area contributed by atoms with Gasteiger partial charge in [-0.25, -0.2) is 19.5 Å². The molecule has 1 aliphatic heterocycles. The van der Waals surface area contributed by atoms with Gasteiger partial charge in [-0.15, -0.1) is 5.10 Å². The zero-order valence-electron chi connectivity index (χ0n) is 17.9. The second-order valence-corrected chi connectivity index (χ2v) is 9.58. The van der Waals surface area contributed by atoms with Crippen LogP contribution in [0.15, 0.2) is 43.1 Å². The number of hydrogen-bond donors (Lipinski definition) is 1. The van der Waals surface area contributed by atoms with Crippen molar-refractivity contribution in [2.75, 3.05) is 25.0 Å². The molecule has 6 rings (SSSR count). The van der Waals surface area contributed by atoms with Crippen LogP contribution in [0.1, 0.15) is 28.1 Å². The predicted molar refractivity (Wildman–Crippen MR) is 122 cm³/mol. The summed E-state index contributed by atoms with van der Waals surface area (Å²) in [6, 6.07) is 4.52. The lowest BCUT2D eigenvalue weighted by molar-refractivity contribution is -0.0711. The Labute approximate surface area is 182 Å². The van der Waals surface area contributed by atoms with Crippen LogP contribution in [0.3, 0.4) is 0 Å². The number of anilines is 1. The number of nitrogens with one attached hydrogen (secondary N) is 1. The molecule has 31 heavy (non-hydrogen) atoms. The quantitative estimate of drug-likeness (QED) is 0.533. The van der Waals surface area contributed by atoms with Crippen LogP contribution in [0.2, 0.25) is 0 Å². The van der Waals surface area contributed by atoms with Crippen LogP contribution in [0, 0.1) is 11.3 Å². The van der Waals surface area contributed by atoms with Gasteiger partial charge < -0.3 is 10.2 Å². The van der Waals surface area contributed by atoms with E-state index < -0.39 is 0 Å². The highest BCUT2D eigenvalue weighted by Crippen LogP contribution is 2.49. The molecule has 2 aliphatic rings. The van der Waals surface area contributed by atoms with Gasteiger partial charge in [0, 0.05) is 63.0 Å². The summed E-state index contributed by atoms with van der Waals surface area (Å²) < 4.78 is 1.88. The smallest absolute Gasteiger partial charge is 0.241 e. The van der Waals surface area contributed by atoms with Gasteiger partial charge in [-0.3, -0.25) is 4.98 Å². The maximum Gasteiger partial charge on any atom is 0.241 e. The van der Waals surface area contributed by atoms with Gasteiger partial charge in [-0.2, -0.15) is 0 Å². The van der Waals surface area contributed by atoms with Crippen molar-refractivity contribution in [1.29, 1.82) is 0 Å². The van der Waals surface area contributed by atoms with E-state index in [-0.39, 0.29) is 1.43 Å². The Morgan fingerprint density at radius 1 is 1.13 bits per heavy atom. The minimum absolute atomic E-state index is 0. The van der Waals surface area contributed by atoms with E-state index >= 15 is 0 Å². The van der Waals surface area contributed by atoms with Crippen molar-refractivity contribution in [1.82, 2.24) is 34.4 Å². The molecule has 4 aromatic rings. The minimum Gasteiger partial charge on any atom is -0.350 e. The molecule has 2 fully saturated rings. The van der Waals surface area contributed by atoms with Gasteiger partial charge in [-0.05, 0) is 36.3 Å². The van der Waals surface area contributed by atoms with Gasteiger partial charge in [0.1, 0.15) is 5.52 Å². The third-order valence-electron chi connectivity index (χ3n) is 6.49. The summed E-state index contributed by atoms with van der Waals surface area (Å²) in [6.07, 6.45) is 11.4. The summed E-state index contributed by atoms with van der Waals surface area (Å²) in [5.41, 5.74) is 4.92. The largest absolute Gasteiger partial charge is 0.350 e. The first kappa shape index (κ1) is 18.6. The molecule has 0 atom stereocenters. The van der Waals surface area contributed by atoms with E-state index in [1.807, 2.05) is 35.2 Å². The van der Waals surface area contributed by atoms with Crippen molar-refractivity contribution in [2.45, 2.75) is 32.7 Å². The van der Waals surface area contributed by atoms with Gasteiger partial charge in [0.05, 0.1) is 11.7 Å². The number of aromatic nitrogens is 6. The van der Waals surface area contributed by atoms with Crippen molar-refractivity contribution in [3.8, 4) is 11.1 Å². The SMILES string of the molecule is CC(C)CN1CC2(CC(Nc3ncc4c(-c5cnc6nccnc6c5)ccn4n3)C2)C1.[HH]. The molecule has 1 N–H and O–H groups in total. The second kappa shape index (κ2) is 6.95. The van der Waals surface area contributed by atoms with E-state index in [0.29, 0.717) is 23.1 Å². The molecule has 160 valence electrons. The molecular formula is C23H28N8. The minimum atomic E-state index is 0. The van der Waals surface area contributed by atoms with Crippen LogP contribution in [0.25, 0.3) is 27.8 Å². The standard InChI is InChI=1S/C23H26N8.H2/c1-15(2)12-30-13-23(14-30)8-17(9-23)28-22-27-11-20-18(3-6-31(20)29-22)16-7-19-21(26-10-16)25-5-4-24-19;/h3-7,10-11,15,17H,8-9,12-14H2,1-2H3,(H,28,29);1H. The van der Waals surface area contributed by atoms with E-state index in [1.165, 1.54) is 32.5 Å². The number of fused-ring (bicyclic) bond motifs is 2. The number of hydrogen-bond acceptors (Lipinski definition) is 7. The average Bonchev–Trinajstić information content (AvgIpc) is 3.13. The van der Waals surface area contributed by atoms with Crippen molar-refractivity contribution >= 4 is 22.6 Å². The summed E-state index contributed by atoms with van der Waals surface area (Å²) in [6.45, 7) is 8.29. The first-order chi connectivity index (χ1) is 15.1. The molecule has 1 spiro atoms. The Hall–Kier alpha value is -3.13. The van der Waals surface area contributed by atoms with Crippen LogP contribution in [-0.2, 0) is 0 Å². The third-order valence-corrected chi connectivity index (χ3v) is 6.49. The van der Waals surface area contributed by atoms with Crippen molar-refractivity contribution in [2.24, 2.45) is 11.3 Å². The van der Waals surface area contributed by atoms with Gasteiger partial charge in [0.2, 0.25) is 5.95 Å². The van der Waals surface area contributed by atoms with E-state index in [4.69, 9.17) is 0 Å². The van der Waals surface area contributed by atoms with Crippen LogP contribution < -0.4 is 5.32 Å².